The van der Waals surface area contributed by atoms with Gasteiger partial charge in [-0.3, -0.25) is 13.9 Å². The van der Waals surface area contributed by atoms with E-state index in [9.17, 15) is 18.0 Å². The quantitative estimate of drug-likeness (QED) is 0.583. The number of nitrogens with zero attached hydrogens (tertiary/aromatic N) is 1. The fourth-order valence-corrected chi connectivity index (χ4v) is 4.31. The molecule has 0 bridgehead atoms. The third-order valence-corrected chi connectivity index (χ3v) is 6.28. The van der Waals surface area contributed by atoms with E-state index in [0.717, 1.165) is 9.87 Å². The van der Waals surface area contributed by atoms with E-state index in [-0.39, 0.29) is 10.7 Å². The highest BCUT2D eigenvalue weighted by Gasteiger charge is 2.27. The Bertz CT molecular complexity index is 1160. The van der Waals surface area contributed by atoms with Gasteiger partial charge in [-0.2, -0.15) is 0 Å². The smallest absolute Gasteiger partial charge is 0.264 e. The topological polar surface area (TPSA) is 83.6 Å². The lowest BCUT2D eigenvalue weighted by atomic mass is 10.1. The van der Waals surface area contributed by atoms with E-state index in [1.54, 1.807) is 66.7 Å². The average Bonchev–Trinajstić information content (AvgIpc) is 2.73. The maximum absolute atomic E-state index is 13.3. The van der Waals surface area contributed by atoms with Crippen LogP contribution in [0.1, 0.15) is 22.8 Å². The highest BCUT2D eigenvalue weighted by Crippen LogP contribution is 2.24. The summed E-state index contributed by atoms with van der Waals surface area (Å²) in [5.74, 6) is -0.644. The van der Waals surface area contributed by atoms with Crippen molar-refractivity contribution in [2.45, 2.75) is 18.7 Å². The fourth-order valence-electron chi connectivity index (χ4n) is 2.89. The minimum absolute atomic E-state index is 0.100. The Morgan fingerprint density at radius 2 is 1.57 bits per heavy atom. The molecular weight excluding hydrogens is 400 g/mol. The molecule has 6 nitrogen and oxygen atoms in total. The van der Waals surface area contributed by atoms with Gasteiger partial charge < -0.3 is 5.32 Å². The van der Waals surface area contributed by atoms with E-state index in [1.165, 1.54) is 19.1 Å². The summed E-state index contributed by atoms with van der Waals surface area (Å²) in [6.07, 6.45) is 0. The molecule has 1 N–H and O–H groups in total. The van der Waals surface area contributed by atoms with Gasteiger partial charge in [0, 0.05) is 11.3 Å². The predicted molar refractivity (Wildman–Crippen MR) is 117 cm³/mol. The van der Waals surface area contributed by atoms with Crippen LogP contribution >= 0.6 is 0 Å². The van der Waals surface area contributed by atoms with Crippen LogP contribution in [0, 0.1) is 6.92 Å². The van der Waals surface area contributed by atoms with Gasteiger partial charge in [-0.05, 0) is 50.2 Å². The van der Waals surface area contributed by atoms with Gasteiger partial charge in [0.2, 0.25) is 5.91 Å². The highest BCUT2D eigenvalue weighted by atomic mass is 32.2. The largest absolute Gasteiger partial charge is 0.324 e. The van der Waals surface area contributed by atoms with Crippen LogP contribution in [0.25, 0.3) is 0 Å². The standard InChI is InChI=1S/C23H22N2O4S/c1-17-11-13-22(14-12-17)30(28,29)25(21-9-4-3-5-10-21)16-23(27)24-20-8-6-7-19(15-20)18(2)26/h3-15H,16H2,1-2H3,(H,24,27). The number of carbonyl (C=O) groups excluding carboxylic acids is 2. The number of hydrogen-bond acceptors (Lipinski definition) is 4. The van der Waals surface area contributed by atoms with Crippen molar-refractivity contribution in [1.29, 1.82) is 0 Å². The maximum Gasteiger partial charge on any atom is 0.264 e. The molecule has 0 saturated carbocycles. The number of benzene rings is 3. The second-order valence-corrected chi connectivity index (χ2v) is 8.71. The molecule has 0 heterocycles. The van der Waals surface area contributed by atoms with Gasteiger partial charge in [0.05, 0.1) is 10.6 Å². The Kier molecular flexibility index (Phi) is 6.32. The zero-order chi connectivity index (χ0) is 21.7. The first-order valence-electron chi connectivity index (χ1n) is 9.33. The Hall–Kier alpha value is -3.45. The maximum atomic E-state index is 13.3. The normalized spacial score (nSPS) is 11.0. The Morgan fingerprint density at radius 3 is 2.20 bits per heavy atom. The van der Waals surface area contributed by atoms with E-state index in [1.807, 2.05) is 6.92 Å². The van der Waals surface area contributed by atoms with Crippen LogP contribution in [0.4, 0.5) is 11.4 Å². The summed E-state index contributed by atoms with van der Waals surface area (Å²) in [5.41, 5.74) is 2.20. The summed E-state index contributed by atoms with van der Waals surface area (Å²) < 4.78 is 27.6. The van der Waals surface area contributed by atoms with Crippen molar-refractivity contribution in [3.05, 3.63) is 90.0 Å². The molecule has 0 spiro atoms. The van der Waals surface area contributed by atoms with E-state index >= 15 is 0 Å². The second-order valence-electron chi connectivity index (χ2n) is 6.85. The number of Topliss-reactive ketones (excluding diaryl/α,β-unsaturated/α-hetero) is 1. The summed E-state index contributed by atoms with van der Waals surface area (Å²) in [6, 6.07) is 21.4. The van der Waals surface area contributed by atoms with Gasteiger partial charge >= 0.3 is 0 Å². The molecule has 0 radical (unpaired) electrons. The number of rotatable bonds is 7. The van der Waals surface area contributed by atoms with E-state index in [4.69, 9.17) is 0 Å². The van der Waals surface area contributed by atoms with Crippen molar-refractivity contribution >= 4 is 33.1 Å². The molecule has 7 heteroatoms. The van der Waals surface area contributed by atoms with E-state index in [2.05, 4.69) is 5.32 Å². The third-order valence-electron chi connectivity index (χ3n) is 4.49. The van der Waals surface area contributed by atoms with Gasteiger partial charge in [-0.15, -0.1) is 0 Å². The molecule has 0 aliphatic carbocycles. The molecule has 0 aromatic heterocycles. The summed E-state index contributed by atoms with van der Waals surface area (Å²) in [4.78, 5) is 24.4. The minimum atomic E-state index is -3.96. The number of ketones is 1. The monoisotopic (exact) mass is 422 g/mol. The molecule has 1 amide bonds. The van der Waals surface area contributed by atoms with Gasteiger partial charge in [0.15, 0.2) is 5.78 Å². The molecule has 154 valence electrons. The molecule has 0 saturated heterocycles. The van der Waals surface area contributed by atoms with E-state index in [0.29, 0.717) is 16.9 Å². The number of para-hydroxylation sites is 1. The molecule has 0 atom stereocenters. The van der Waals surface area contributed by atoms with Gasteiger partial charge in [0.25, 0.3) is 10.0 Å². The van der Waals surface area contributed by atoms with Gasteiger partial charge in [-0.25, -0.2) is 8.42 Å². The lowest BCUT2D eigenvalue weighted by Crippen LogP contribution is -2.38. The molecule has 0 fully saturated rings. The van der Waals surface area contributed by atoms with Crippen molar-refractivity contribution in [3.8, 4) is 0 Å². The van der Waals surface area contributed by atoms with Crippen molar-refractivity contribution in [2.75, 3.05) is 16.2 Å². The Morgan fingerprint density at radius 1 is 0.900 bits per heavy atom. The number of amides is 1. The van der Waals surface area contributed by atoms with Crippen molar-refractivity contribution < 1.29 is 18.0 Å². The summed E-state index contributed by atoms with van der Waals surface area (Å²) in [7, 11) is -3.96. The highest BCUT2D eigenvalue weighted by molar-refractivity contribution is 7.92. The van der Waals surface area contributed by atoms with Gasteiger partial charge in [-0.1, -0.05) is 48.0 Å². The molecule has 30 heavy (non-hydrogen) atoms. The first kappa shape index (κ1) is 21.3. The van der Waals surface area contributed by atoms with Crippen LogP contribution in [0.15, 0.2) is 83.8 Å². The van der Waals surface area contributed by atoms with Crippen LogP contribution in [-0.4, -0.2) is 26.7 Å². The molecule has 0 aliphatic rings. The molecular formula is C23H22N2O4S. The molecule has 3 rings (SSSR count). The Labute approximate surface area is 176 Å². The van der Waals surface area contributed by atoms with Crippen molar-refractivity contribution in [1.82, 2.24) is 0 Å². The first-order valence-corrected chi connectivity index (χ1v) is 10.8. The van der Waals surface area contributed by atoms with Crippen LogP contribution in [0.5, 0.6) is 0 Å². The lowest BCUT2D eigenvalue weighted by Gasteiger charge is -2.24. The number of aryl methyl sites for hydroxylation is 1. The van der Waals surface area contributed by atoms with Crippen LogP contribution in [0.2, 0.25) is 0 Å². The summed E-state index contributed by atoms with van der Waals surface area (Å²) >= 11 is 0. The number of anilines is 2. The SMILES string of the molecule is CC(=O)c1cccc(NC(=O)CN(c2ccccc2)S(=O)(=O)c2ccc(C)cc2)c1. The van der Waals surface area contributed by atoms with Crippen molar-refractivity contribution in [2.24, 2.45) is 0 Å². The van der Waals surface area contributed by atoms with Crippen LogP contribution < -0.4 is 9.62 Å². The number of sulfonamides is 1. The molecule has 3 aromatic rings. The predicted octanol–water partition coefficient (Wildman–Crippen LogP) is 4.03. The minimum Gasteiger partial charge on any atom is -0.324 e. The van der Waals surface area contributed by atoms with Crippen LogP contribution in [-0.2, 0) is 14.8 Å². The summed E-state index contributed by atoms with van der Waals surface area (Å²) in [5, 5.41) is 2.67. The number of carbonyl (C=O) groups is 2. The van der Waals surface area contributed by atoms with E-state index < -0.39 is 22.5 Å². The molecule has 0 aliphatic heterocycles. The van der Waals surface area contributed by atoms with Gasteiger partial charge in [0.1, 0.15) is 6.54 Å². The fraction of sp³-hybridized carbons (Fsp3) is 0.130. The van der Waals surface area contributed by atoms with Crippen molar-refractivity contribution in [3.63, 3.8) is 0 Å². The lowest BCUT2D eigenvalue weighted by molar-refractivity contribution is -0.114. The van der Waals surface area contributed by atoms with Crippen LogP contribution in [0.3, 0.4) is 0 Å². The third kappa shape index (κ3) is 4.93. The number of nitrogens with one attached hydrogen (secondary N) is 1. The average molecular weight is 423 g/mol. The zero-order valence-electron chi connectivity index (χ0n) is 16.7. The first-order chi connectivity index (χ1) is 14.3. The second kappa shape index (κ2) is 8.92. The molecule has 3 aromatic carbocycles. The number of hydrogen-bond donors (Lipinski definition) is 1. The molecule has 0 unspecified atom stereocenters. The summed E-state index contributed by atoms with van der Waals surface area (Å²) in [6.45, 7) is 2.89. The Balaban J connectivity index is 1.90. The zero-order valence-corrected chi connectivity index (χ0v) is 17.5.